The molecule has 0 amide bonds. The van der Waals surface area contributed by atoms with Gasteiger partial charge in [0.25, 0.3) is 0 Å². The van der Waals surface area contributed by atoms with E-state index < -0.39 is 5.97 Å². The van der Waals surface area contributed by atoms with Crippen LogP contribution in [0.15, 0.2) is 42.5 Å². The molecule has 102 valence electrons. The highest BCUT2D eigenvalue weighted by Gasteiger charge is 2.11. The van der Waals surface area contributed by atoms with E-state index in [-0.39, 0.29) is 22.8 Å². The number of phenolic OH excluding ortho intramolecular Hbond substituents is 3. The van der Waals surface area contributed by atoms with Crippen molar-refractivity contribution in [3.63, 3.8) is 0 Å². The van der Waals surface area contributed by atoms with Crippen molar-refractivity contribution in [3.8, 4) is 17.2 Å². The van der Waals surface area contributed by atoms with Crippen molar-refractivity contribution in [2.45, 2.75) is 0 Å². The summed E-state index contributed by atoms with van der Waals surface area (Å²) in [6.07, 6.45) is 1.33. The summed E-state index contributed by atoms with van der Waals surface area (Å²) >= 11 is 0. The Balaban J connectivity index is 2.50. The number of carboxylic acid groups (broad SMARTS) is 1. The molecule has 0 heterocycles. The molecule has 0 aliphatic rings. The van der Waals surface area contributed by atoms with Gasteiger partial charge in [0.15, 0.2) is 0 Å². The summed E-state index contributed by atoms with van der Waals surface area (Å²) in [6.45, 7) is 0. The van der Waals surface area contributed by atoms with Crippen LogP contribution in [-0.2, 0) is 4.79 Å². The maximum atomic E-state index is 11.3. The molecular formula is C15H12O5. The van der Waals surface area contributed by atoms with Crippen LogP contribution >= 0.6 is 0 Å². The quantitative estimate of drug-likeness (QED) is 0.508. The van der Waals surface area contributed by atoms with E-state index in [1.54, 1.807) is 0 Å². The van der Waals surface area contributed by atoms with Crippen LogP contribution in [0.3, 0.4) is 0 Å². The number of aliphatic carboxylic acids is 1. The standard InChI is InChI=1S/C15H12O5/c16-11-3-1-10(2-4-11)14(15(19)20)7-9-5-12(17)8-13(18)6-9/h1-8,16-18H,(H,19,20). The zero-order chi connectivity index (χ0) is 14.7. The lowest BCUT2D eigenvalue weighted by Gasteiger charge is -2.04. The zero-order valence-electron chi connectivity index (χ0n) is 10.3. The molecule has 2 aromatic rings. The smallest absolute Gasteiger partial charge is 0.336 e. The molecule has 0 fully saturated rings. The molecular weight excluding hydrogens is 260 g/mol. The van der Waals surface area contributed by atoms with Gasteiger partial charge in [-0.15, -0.1) is 0 Å². The van der Waals surface area contributed by atoms with Gasteiger partial charge in [-0.05, 0) is 41.5 Å². The summed E-state index contributed by atoms with van der Waals surface area (Å²) in [5, 5.41) is 37.2. The number of benzene rings is 2. The number of carbonyl (C=O) groups is 1. The van der Waals surface area contributed by atoms with Gasteiger partial charge in [-0.3, -0.25) is 0 Å². The third kappa shape index (κ3) is 3.08. The van der Waals surface area contributed by atoms with Crippen LogP contribution in [0.25, 0.3) is 11.6 Å². The van der Waals surface area contributed by atoms with E-state index in [9.17, 15) is 25.2 Å². The van der Waals surface area contributed by atoms with Crippen molar-refractivity contribution < 1.29 is 25.2 Å². The van der Waals surface area contributed by atoms with Crippen LogP contribution in [0.5, 0.6) is 17.2 Å². The molecule has 0 unspecified atom stereocenters. The predicted molar refractivity (Wildman–Crippen MR) is 73.4 cm³/mol. The molecule has 2 rings (SSSR count). The number of hydrogen-bond donors (Lipinski definition) is 4. The molecule has 0 aliphatic heterocycles. The van der Waals surface area contributed by atoms with Crippen molar-refractivity contribution in [2.75, 3.05) is 0 Å². The Hall–Kier alpha value is -2.95. The van der Waals surface area contributed by atoms with E-state index >= 15 is 0 Å². The Kier molecular flexibility index (Phi) is 3.61. The second-order valence-corrected chi connectivity index (χ2v) is 4.19. The average Bonchev–Trinajstić information content (AvgIpc) is 2.36. The first kappa shape index (κ1) is 13.5. The fraction of sp³-hybridized carbons (Fsp3) is 0. The van der Waals surface area contributed by atoms with Crippen molar-refractivity contribution in [1.82, 2.24) is 0 Å². The minimum absolute atomic E-state index is 0.0185. The highest BCUT2D eigenvalue weighted by atomic mass is 16.4. The van der Waals surface area contributed by atoms with Gasteiger partial charge < -0.3 is 20.4 Å². The van der Waals surface area contributed by atoms with Gasteiger partial charge in [0.1, 0.15) is 17.2 Å². The van der Waals surface area contributed by atoms with Gasteiger partial charge in [-0.25, -0.2) is 4.79 Å². The molecule has 5 heteroatoms. The summed E-state index contributed by atoms with van der Waals surface area (Å²) in [5.41, 5.74) is 0.737. The molecule has 2 aromatic carbocycles. The molecule has 20 heavy (non-hydrogen) atoms. The third-order valence-electron chi connectivity index (χ3n) is 2.64. The lowest BCUT2D eigenvalue weighted by Crippen LogP contribution is -1.99. The first-order valence-electron chi connectivity index (χ1n) is 5.73. The van der Waals surface area contributed by atoms with Gasteiger partial charge in [-0.1, -0.05) is 12.1 Å². The Bertz CT molecular complexity index is 651. The summed E-state index contributed by atoms with van der Waals surface area (Å²) in [6, 6.07) is 9.53. The second-order valence-electron chi connectivity index (χ2n) is 4.19. The monoisotopic (exact) mass is 272 g/mol. The topological polar surface area (TPSA) is 98.0 Å². The second kappa shape index (κ2) is 5.36. The minimum atomic E-state index is -1.15. The number of aromatic hydroxyl groups is 3. The van der Waals surface area contributed by atoms with E-state index in [0.717, 1.165) is 6.07 Å². The van der Waals surface area contributed by atoms with E-state index in [2.05, 4.69) is 0 Å². The molecule has 0 bridgehead atoms. The lowest BCUT2D eigenvalue weighted by atomic mass is 10.0. The highest BCUT2D eigenvalue weighted by Crippen LogP contribution is 2.25. The molecule has 0 saturated carbocycles. The summed E-state index contributed by atoms with van der Waals surface area (Å²) in [5.74, 6) is -1.44. The first-order valence-corrected chi connectivity index (χ1v) is 5.73. The van der Waals surface area contributed by atoms with Crippen LogP contribution in [0.1, 0.15) is 11.1 Å². The van der Waals surface area contributed by atoms with Crippen LogP contribution < -0.4 is 0 Å². The van der Waals surface area contributed by atoms with E-state index in [1.165, 1.54) is 42.5 Å². The molecule has 5 nitrogen and oxygen atoms in total. The molecule has 0 aliphatic carbocycles. The maximum Gasteiger partial charge on any atom is 0.336 e. The summed E-state index contributed by atoms with van der Waals surface area (Å²) in [4.78, 5) is 11.3. The van der Waals surface area contributed by atoms with Crippen LogP contribution in [0, 0.1) is 0 Å². The SMILES string of the molecule is O=C(O)C(=Cc1cc(O)cc(O)c1)c1ccc(O)cc1. The van der Waals surface area contributed by atoms with E-state index in [0.29, 0.717) is 11.1 Å². The molecule has 0 spiro atoms. The Labute approximate surface area is 114 Å². The zero-order valence-corrected chi connectivity index (χ0v) is 10.3. The lowest BCUT2D eigenvalue weighted by molar-refractivity contribution is -0.130. The normalized spacial score (nSPS) is 11.3. The molecule has 0 aromatic heterocycles. The van der Waals surface area contributed by atoms with E-state index in [1.807, 2.05) is 0 Å². The van der Waals surface area contributed by atoms with Gasteiger partial charge in [0.2, 0.25) is 0 Å². The van der Waals surface area contributed by atoms with Gasteiger partial charge in [0.05, 0.1) is 5.57 Å². The van der Waals surface area contributed by atoms with Gasteiger partial charge in [-0.2, -0.15) is 0 Å². The predicted octanol–water partition coefficient (Wildman–Crippen LogP) is 2.43. The van der Waals surface area contributed by atoms with Crippen molar-refractivity contribution in [2.24, 2.45) is 0 Å². The largest absolute Gasteiger partial charge is 0.508 e. The number of carboxylic acids is 1. The van der Waals surface area contributed by atoms with Gasteiger partial charge >= 0.3 is 5.97 Å². The Morgan fingerprint density at radius 2 is 1.40 bits per heavy atom. The minimum Gasteiger partial charge on any atom is -0.508 e. The molecule has 0 radical (unpaired) electrons. The van der Waals surface area contributed by atoms with Gasteiger partial charge in [0, 0.05) is 6.07 Å². The number of phenols is 3. The van der Waals surface area contributed by atoms with Crippen molar-refractivity contribution in [3.05, 3.63) is 53.6 Å². The number of rotatable bonds is 3. The van der Waals surface area contributed by atoms with E-state index in [4.69, 9.17) is 0 Å². The Morgan fingerprint density at radius 3 is 1.90 bits per heavy atom. The Morgan fingerprint density at radius 1 is 0.850 bits per heavy atom. The molecule has 0 atom stereocenters. The maximum absolute atomic E-state index is 11.3. The highest BCUT2D eigenvalue weighted by molar-refractivity contribution is 6.20. The summed E-state index contributed by atoms with van der Waals surface area (Å²) in [7, 11) is 0. The van der Waals surface area contributed by atoms with Crippen LogP contribution in [0.4, 0.5) is 0 Å². The first-order chi connectivity index (χ1) is 9.45. The van der Waals surface area contributed by atoms with Crippen molar-refractivity contribution in [1.29, 1.82) is 0 Å². The summed E-state index contributed by atoms with van der Waals surface area (Å²) < 4.78 is 0. The van der Waals surface area contributed by atoms with Crippen LogP contribution in [-0.4, -0.2) is 26.4 Å². The fourth-order valence-electron chi connectivity index (χ4n) is 1.78. The third-order valence-corrected chi connectivity index (χ3v) is 2.64. The molecule has 0 saturated heterocycles. The van der Waals surface area contributed by atoms with Crippen molar-refractivity contribution >= 4 is 17.6 Å². The fourth-order valence-corrected chi connectivity index (χ4v) is 1.78. The molecule has 4 N–H and O–H groups in total. The average molecular weight is 272 g/mol. The van der Waals surface area contributed by atoms with Crippen LogP contribution in [0.2, 0.25) is 0 Å². The number of hydrogen-bond acceptors (Lipinski definition) is 4.